The first kappa shape index (κ1) is 28.2. The summed E-state index contributed by atoms with van der Waals surface area (Å²) in [4.78, 5) is 33.5. The highest BCUT2D eigenvalue weighted by Crippen LogP contribution is 2.34. The van der Waals surface area contributed by atoms with Gasteiger partial charge in [0.2, 0.25) is 0 Å². The summed E-state index contributed by atoms with van der Waals surface area (Å²) in [6, 6.07) is 19.1. The summed E-state index contributed by atoms with van der Waals surface area (Å²) in [5.74, 6) is 0.0506. The Hall–Kier alpha value is -4.38. The zero-order chi connectivity index (χ0) is 29.0. The topological polar surface area (TPSA) is 80.8 Å². The number of carbonyl (C=O) groups is 2. The smallest absolute Gasteiger partial charge is 0.416 e. The molecule has 1 aliphatic rings. The summed E-state index contributed by atoms with van der Waals surface area (Å²) in [6.45, 7) is 2.71. The van der Waals surface area contributed by atoms with Gasteiger partial charge in [-0.1, -0.05) is 48.5 Å². The number of alkyl halides is 3. The zero-order valence-corrected chi connectivity index (χ0v) is 22.8. The molecule has 0 saturated heterocycles. The van der Waals surface area contributed by atoms with Crippen molar-refractivity contribution in [1.82, 2.24) is 15.2 Å². The molecule has 11 heteroatoms. The molecule has 0 saturated carbocycles. The van der Waals surface area contributed by atoms with E-state index in [9.17, 15) is 22.8 Å². The number of carbonyl (C=O) groups excluding carboxylic acids is 2. The maximum atomic E-state index is 13.9. The number of para-hydroxylation sites is 1. The van der Waals surface area contributed by atoms with Crippen molar-refractivity contribution in [3.05, 3.63) is 100 Å². The molecular weight excluding hydrogens is 555 g/mol. The van der Waals surface area contributed by atoms with Crippen LogP contribution in [-0.2, 0) is 12.7 Å². The van der Waals surface area contributed by atoms with E-state index < -0.39 is 23.6 Å². The highest BCUT2D eigenvalue weighted by Gasteiger charge is 2.30. The lowest BCUT2D eigenvalue weighted by atomic mass is 10.1. The van der Waals surface area contributed by atoms with Crippen LogP contribution >= 0.6 is 11.3 Å². The Morgan fingerprint density at radius 2 is 1.71 bits per heavy atom. The first-order valence-corrected chi connectivity index (χ1v) is 13.7. The van der Waals surface area contributed by atoms with Gasteiger partial charge in [0.25, 0.3) is 11.8 Å². The number of amides is 2. The van der Waals surface area contributed by atoms with Gasteiger partial charge in [-0.2, -0.15) is 13.2 Å². The summed E-state index contributed by atoms with van der Waals surface area (Å²) < 4.78 is 50.5. The van der Waals surface area contributed by atoms with Crippen LogP contribution in [0.3, 0.4) is 0 Å². The van der Waals surface area contributed by atoms with E-state index in [1.807, 2.05) is 30.3 Å². The van der Waals surface area contributed by atoms with Crippen molar-refractivity contribution >= 4 is 23.2 Å². The van der Waals surface area contributed by atoms with Crippen molar-refractivity contribution in [3.8, 4) is 21.9 Å². The predicted octanol–water partition coefficient (Wildman–Crippen LogP) is 5.98. The average Bonchev–Trinajstić information content (AvgIpc) is 3.37. The monoisotopic (exact) mass is 581 g/mol. The third kappa shape index (κ3) is 6.51. The molecule has 2 amide bonds. The molecule has 4 aromatic rings. The molecular formula is C30H26F3N3O4S. The van der Waals surface area contributed by atoms with Crippen molar-refractivity contribution in [2.75, 3.05) is 26.3 Å². The third-order valence-electron chi connectivity index (χ3n) is 6.39. The van der Waals surface area contributed by atoms with E-state index in [4.69, 9.17) is 9.47 Å². The van der Waals surface area contributed by atoms with Gasteiger partial charge in [-0.3, -0.25) is 9.59 Å². The first-order valence-electron chi connectivity index (χ1n) is 12.9. The van der Waals surface area contributed by atoms with Crippen LogP contribution in [0.25, 0.3) is 10.4 Å². The lowest BCUT2D eigenvalue weighted by Crippen LogP contribution is -2.38. The number of thiazole rings is 1. The summed E-state index contributed by atoms with van der Waals surface area (Å²) in [5, 5.41) is 3.52. The summed E-state index contributed by atoms with van der Waals surface area (Å²) in [6.07, 6.45) is -4.47. The predicted molar refractivity (Wildman–Crippen MR) is 148 cm³/mol. The van der Waals surface area contributed by atoms with Crippen LogP contribution < -0.4 is 14.8 Å². The standard InChI is InChI=1S/C30H26F3N3O4S/c1-19-35-25(27(41-19)21-6-3-2-4-7-21)29(38)36(18-20-10-12-22(13-11-20)30(31,32)33)15-14-34-28(37)23-8-5-9-24-26(23)40-17-16-39-24/h2-13H,14-18H2,1H3,(H,34,37). The minimum atomic E-state index is -4.47. The number of nitrogens with one attached hydrogen (secondary N) is 1. The summed E-state index contributed by atoms with van der Waals surface area (Å²) >= 11 is 1.38. The number of nitrogens with zero attached hydrogens (tertiary/aromatic N) is 2. The van der Waals surface area contributed by atoms with Crippen molar-refractivity contribution in [2.45, 2.75) is 19.6 Å². The molecule has 0 fully saturated rings. The quantitative estimate of drug-likeness (QED) is 0.277. The second-order valence-electron chi connectivity index (χ2n) is 9.28. The largest absolute Gasteiger partial charge is 0.486 e. The number of rotatable bonds is 8. The molecule has 1 aromatic heterocycles. The van der Waals surface area contributed by atoms with Gasteiger partial charge in [0.1, 0.15) is 18.9 Å². The zero-order valence-electron chi connectivity index (χ0n) is 22.0. The molecule has 0 bridgehead atoms. The fourth-order valence-electron chi connectivity index (χ4n) is 4.43. The molecule has 1 N–H and O–H groups in total. The third-order valence-corrected chi connectivity index (χ3v) is 7.41. The molecule has 41 heavy (non-hydrogen) atoms. The number of benzene rings is 3. The Morgan fingerprint density at radius 1 is 0.976 bits per heavy atom. The number of ether oxygens (including phenoxy) is 2. The molecule has 7 nitrogen and oxygen atoms in total. The van der Waals surface area contributed by atoms with Gasteiger partial charge in [0, 0.05) is 19.6 Å². The van der Waals surface area contributed by atoms with E-state index >= 15 is 0 Å². The second-order valence-corrected chi connectivity index (χ2v) is 10.5. The van der Waals surface area contributed by atoms with Gasteiger partial charge in [0.15, 0.2) is 11.5 Å². The molecule has 0 radical (unpaired) electrons. The molecule has 1 aliphatic heterocycles. The Labute approximate surface area is 238 Å². The van der Waals surface area contributed by atoms with Crippen LogP contribution in [0.2, 0.25) is 0 Å². The fraction of sp³-hybridized carbons (Fsp3) is 0.233. The Balaban J connectivity index is 1.37. The van der Waals surface area contributed by atoms with Crippen molar-refractivity contribution < 1.29 is 32.2 Å². The van der Waals surface area contributed by atoms with Gasteiger partial charge < -0.3 is 19.7 Å². The van der Waals surface area contributed by atoms with Crippen molar-refractivity contribution in [3.63, 3.8) is 0 Å². The van der Waals surface area contributed by atoms with Crippen LogP contribution in [-0.4, -0.2) is 48.0 Å². The summed E-state index contributed by atoms with van der Waals surface area (Å²) in [5.41, 5.74) is 1.13. The van der Waals surface area contributed by atoms with Gasteiger partial charge in [-0.05, 0) is 42.3 Å². The minimum Gasteiger partial charge on any atom is -0.486 e. The van der Waals surface area contributed by atoms with E-state index in [1.165, 1.54) is 28.4 Å². The Kier molecular flexibility index (Phi) is 8.25. The maximum Gasteiger partial charge on any atom is 0.416 e. The van der Waals surface area contributed by atoms with Crippen LogP contribution in [0.1, 0.15) is 37.0 Å². The Morgan fingerprint density at radius 3 is 2.44 bits per heavy atom. The number of halogens is 3. The van der Waals surface area contributed by atoms with Crippen molar-refractivity contribution in [2.24, 2.45) is 0 Å². The number of fused-ring (bicyclic) bond motifs is 1. The Bertz CT molecular complexity index is 1540. The molecule has 212 valence electrons. The minimum absolute atomic E-state index is 0.0231. The molecule has 3 aromatic carbocycles. The number of aromatic nitrogens is 1. The van der Waals surface area contributed by atoms with E-state index in [-0.39, 0.29) is 25.3 Å². The average molecular weight is 582 g/mol. The first-order chi connectivity index (χ1) is 19.7. The SMILES string of the molecule is Cc1nc(C(=O)N(CCNC(=O)c2cccc3c2OCCO3)Cc2ccc(C(F)(F)F)cc2)c(-c2ccccc2)s1. The normalized spacial score (nSPS) is 12.6. The van der Waals surface area contributed by atoms with Gasteiger partial charge >= 0.3 is 6.18 Å². The number of aryl methyl sites for hydroxylation is 1. The molecule has 0 spiro atoms. The highest BCUT2D eigenvalue weighted by molar-refractivity contribution is 7.15. The molecule has 0 aliphatic carbocycles. The van der Waals surface area contributed by atoms with E-state index in [0.717, 1.165) is 17.7 Å². The molecule has 0 unspecified atom stereocenters. The highest BCUT2D eigenvalue weighted by atomic mass is 32.1. The maximum absolute atomic E-state index is 13.9. The molecule has 2 heterocycles. The number of hydrogen-bond donors (Lipinski definition) is 1. The second kappa shape index (κ2) is 12.0. The lowest BCUT2D eigenvalue weighted by Gasteiger charge is -2.24. The van der Waals surface area contributed by atoms with E-state index in [2.05, 4.69) is 10.3 Å². The molecule has 5 rings (SSSR count). The van der Waals surface area contributed by atoms with Crippen LogP contribution in [0, 0.1) is 6.92 Å². The van der Waals surface area contributed by atoms with Gasteiger partial charge in [0.05, 0.1) is 21.0 Å². The van der Waals surface area contributed by atoms with Gasteiger partial charge in [-0.25, -0.2) is 4.98 Å². The summed E-state index contributed by atoms with van der Waals surface area (Å²) in [7, 11) is 0. The molecule has 0 atom stereocenters. The van der Waals surface area contributed by atoms with E-state index in [0.29, 0.717) is 45.7 Å². The van der Waals surface area contributed by atoms with Crippen molar-refractivity contribution in [1.29, 1.82) is 0 Å². The van der Waals surface area contributed by atoms with E-state index in [1.54, 1.807) is 25.1 Å². The fourth-order valence-corrected chi connectivity index (χ4v) is 5.35. The van der Waals surface area contributed by atoms with Crippen LogP contribution in [0.15, 0.2) is 72.8 Å². The number of hydrogen-bond acceptors (Lipinski definition) is 6. The van der Waals surface area contributed by atoms with Gasteiger partial charge in [-0.15, -0.1) is 11.3 Å². The lowest BCUT2D eigenvalue weighted by molar-refractivity contribution is -0.137. The van der Waals surface area contributed by atoms with Crippen LogP contribution in [0.5, 0.6) is 11.5 Å². The van der Waals surface area contributed by atoms with Crippen LogP contribution in [0.4, 0.5) is 13.2 Å².